The van der Waals surface area contributed by atoms with E-state index in [-0.39, 0.29) is 11.9 Å². The Kier molecular flexibility index (Phi) is 5.11. The van der Waals surface area contributed by atoms with E-state index in [4.69, 9.17) is 9.15 Å². The summed E-state index contributed by atoms with van der Waals surface area (Å²) >= 11 is 1.69. The Morgan fingerprint density at radius 1 is 1.36 bits per heavy atom. The van der Waals surface area contributed by atoms with Crippen molar-refractivity contribution in [1.82, 2.24) is 10.2 Å². The molecule has 2 aromatic heterocycles. The number of hydrogen-bond donors (Lipinski definition) is 1. The topological polar surface area (TPSA) is 54.7 Å². The summed E-state index contributed by atoms with van der Waals surface area (Å²) < 4.78 is 11.0. The zero-order valence-corrected chi connectivity index (χ0v) is 15.6. The number of thiophene rings is 1. The SMILES string of the molecule is COc1ccc2oc(C(=O)NC[C@@H](c3cccs3)N(C)C)c(C)c2c1. The number of nitrogens with one attached hydrogen (secondary N) is 1. The van der Waals surface area contributed by atoms with Crippen molar-refractivity contribution >= 4 is 28.2 Å². The molecule has 0 aliphatic heterocycles. The van der Waals surface area contributed by atoms with Crippen LogP contribution >= 0.6 is 11.3 Å². The van der Waals surface area contributed by atoms with Crippen LogP contribution in [0.2, 0.25) is 0 Å². The van der Waals surface area contributed by atoms with Gasteiger partial charge in [0.1, 0.15) is 11.3 Å². The first-order valence-electron chi connectivity index (χ1n) is 8.06. The van der Waals surface area contributed by atoms with Crippen molar-refractivity contribution in [1.29, 1.82) is 0 Å². The highest BCUT2D eigenvalue weighted by atomic mass is 32.1. The van der Waals surface area contributed by atoms with E-state index in [2.05, 4.69) is 16.3 Å². The van der Waals surface area contributed by atoms with Gasteiger partial charge in [0.25, 0.3) is 5.91 Å². The van der Waals surface area contributed by atoms with Gasteiger partial charge >= 0.3 is 0 Å². The Morgan fingerprint density at radius 3 is 2.80 bits per heavy atom. The summed E-state index contributed by atoms with van der Waals surface area (Å²) in [5.41, 5.74) is 1.51. The Morgan fingerprint density at radius 2 is 2.16 bits per heavy atom. The number of ether oxygens (including phenoxy) is 1. The number of nitrogens with zero attached hydrogens (tertiary/aromatic N) is 1. The van der Waals surface area contributed by atoms with Crippen LogP contribution in [-0.4, -0.2) is 38.6 Å². The van der Waals surface area contributed by atoms with Gasteiger partial charge in [-0.1, -0.05) is 6.07 Å². The summed E-state index contributed by atoms with van der Waals surface area (Å²) in [5.74, 6) is 0.900. The number of carbonyl (C=O) groups is 1. The third-order valence-electron chi connectivity index (χ3n) is 4.30. The molecule has 6 heteroatoms. The quantitative estimate of drug-likeness (QED) is 0.727. The minimum Gasteiger partial charge on any atom is -0.497 e. The molecule has 0 aliphatic carbocycles. The van der Waals surface area contributed by atoms with Gasteiger partial charge in [-0.2, -0.15) is 0 Å². The van der Waals surface area contributed by atoms with Gasteiger partial charge in [-0.25, -0.2) is 0 Å². The lowest BCUT2D eigenvalue weighted by atomic mass is 10.1. The van der Waals surface area contributed by atoms with E-state index in [9.17, 15) is 4.79 Å². The fourth-order valence-corrected chi connectivity index (χ4v) is 3.75. The van der Waals surface area contributed by atoms with Gasteiger partial charge in [-0.05, 0) is 50.7 Å². The zero-order chi connectivity index (χ0) is 18.0. The molecule has 2 heterocycles. The van der Waals surface area contributed by atoms with Gasteiger partial charge in [0.2, 0.25) is 0 Å². The number of hydrogen-bond acceptors (Lipinski definition) is 5. The lowest BCUT2D eigenvalue weighted by Crippen LogP contribution is -2.34. The van der Waals surface area contributed by atoms with E-state index in [1.54, 1.807) is 18.4 Å². The molecule has 25 heavy (non-hydrogen) atoms. The van der Waals surface area contributed by atoms with E-state index in [0.717, 1.165) is 16.7 Å². The largest absolute Gasteiger partial charge is 0.497 e. The monoisotopic (exact) mass is 358 g/mol. The molecule has 0 radical (unpaired) electrons. The average Bonchev–Trinajstić information content (AvgIpc) is 3.23. The normalized spacial score (nSPS) is 12.5. The Hall–Kier alpha value is -2.31. The van der Waals surface area contributed by atoms with Crippen molar-refractivity contribution in [2.75, 3.05) is 27.7 Å². The average molecular weight is 358 g/mol. The molecular formula is C19H22N2O3S. The van der Waals surface area contributed by atoms with E-state index in [0.29, 0.717) is 17.9 Å². The third kappa shape index (κ3) is 3.55. The summed E-state index contributed by atoms with van der Waals surface area (Å²) in [5, 5.41) is 5.94. The summed E-state index contributed by atoms with van der Waals surface area (Å²) in [6, 6.07) is 9.78. The molecule has 0 bridgehead atoms. The van der Waals surface area contributed by atoms with Crippen molar-refractivity contribution < 1.29 is 13.9 Å². The van der Waals surface area contributed by atoms with E-state index >= 15 is 0 Å². The van der Waals surface area contributed by atoms with Crippen molar-refractivity contribution in [2.24, 2.45) is 0 Å². The maximum absolute atomic E-state index is 12.6. The van der Waals surface area contributed by atoms with Crippen molar-refractivity contribution in [2.45, 2.75) is 13.0 Å². The zero-order valence-electron chi connectivity index (χ0n) is 14.8. The highest BCUT2D eigenvalue weighted by Gasteiger charge is 2.21. The van der Waals surface area contributed by atoms with Crippen LogP contribution in [0.15, 0.2) is 40.1 Å². The van der Waals surface area contributed by atoms with Crippen LogP contribution in [0.5, 0.6) is 5.75 Å². The van der Waals surface area contributed by atoms with Crippen molar-refractivity contribution in [3.05, 3.63) is 51.9 Å². The molecule has 0 unspecified atom stereocenters. The van der Waals surface area contributed by atoms with Crippen LogP contribution < -0.4 is 10.1 Å². The molecule has 0 saturated heterocycles. The van der Waals surface area contributed by atoms with Crippen LogP contribution in [0, 0.1) is 6.92 Å². The lowest BCUT2D eigenvalue weighted by molar-refractivity contribution is 0.0916. The van der Waals surface area contributed by atoms with Crippen molar-refractivity contribution in [3.63, 3.8) is 0 Å². The van der Waals surface area contributed by atoms with Gasteiger partial charge in [0.05, 0.1) is 13.2 Å². The molecular weight excluding hydrogens is 336 g/mol. The molecule has 0 aliphatic rings. The molecule has 1 atom stereocenters. The number of aryl methyl sites for hydroxylation is 1. The van der Waals surface area contributed by atoms with E-state index < -0.39 is 0 Å². The fourth-order valence-electron chi connectivity index (χ4n) is 2.83. The van der Waals surface area contributed by atoms with Crippen LogP contribution in [-0.2, 0) is 0 Å². The summed E-state index contributed by atoms with van der Waals surface area (Å²) in [6.07, 6.45) is 0. The van der Waals surface area contributed by atoms with Gasteiger partial charge in [-0.15, -0.1) is 11.3 Å². The highest BCUT2D eigenvalue weighted by Crippen LogP contribution is 2.29. The summed E-state index contributed by atoms with van der Waals surface area (Å²) in [6.45, 7) is 2.41. The van der Waals surface area contributed by atoms with Gasteiger partial charge in [0.15, 0.2) is 5.76 Å². The second-order valence-electron chi connectivity index (χ2n) is 6.12. The molecule has 132 valence electrons. The van der Waals surface area contributed by atoms with E-state index in [1.165, 1.54) is 4.88 Å². The van der Waals surface area contributed by atoms with Crippen LogP contribution in [0.1, 0.15) is 27.0 Å². The number of methoxy groups -OCH3 is 1. The Labute approximate surface area is 151 Å². The van der Waals surface area contributed by atoms with Gasteiger partial charge in [0, 0.05) is 22.4 Å². The summed E-state index contributed by atoms with van der Waals surface area (Å²) in [4.78, 5) is 16.0. The van der Waals surface area contributed by atoms with Crippen LogP contribution in [0.4, 0.5) is 0 Å². The Balaban J connectivity index is 1.79. The fraction of sp³-hybridized carbons (Fsp3) is 0.316. The molecule has 0 fully saturated rings. The molecule has 3 rings (SSSR count). The predicted octanol–water partition coefficient (Wildman–Crippen LogP) is 3.84. The maximum atomic E-state index is 12.6. The van der Waals surface area contributed by atoms with Crippen LogP contribution in [0.25, 0.3) is 11.0 Å². The maximum Gasteiger partial charge on any atom is 0.287 e. The van der Waals surface area contributed by atoms with E-state index in [1.807, 2.05) is 50.7 Å². The molecule has 1 amide bonds. The first kappa shape index (κ1) is 17.5. The first-order valence-corrected chi connectivity index (χ1v) is 8.94. The molecule has 5 nitrogen and oxygen atoms in total. The first-order chi connectivity index (χ1) is 12.0. The number of rotatable bonds is 6. The molecule has 1 aromatic carbocycles. The molecule has 1 N–H and O–H groups in total. The molecule has 3 aromatic rings. The van der Waals surface area contributed by atoms with Crippen molar-refractivity contribution in [3.8, 4) is 5.75 Å². The number of furan rings is 1. The smallest absolute Gasteiger partial charge is 0.287 e. The summed E-state index contributed by atoms with van der Waals surface area (Å²) in [7, 11) is 5.64. The number of carbonyl (C=O) groups excluding carboxylic acids is 1. The number of benzene rings is 1. The highest BCUT2D eigenvalue weighted by molar-refractivity contribution is 7.10. The lowest BCUT2D eigenvalue weighted by Gasteiger charge is -2.23. The molecule has 0 spiro atoms. The minimum atomic E-state index is -0.198. The standard InChI is InChI=1S/C19H22N2O3S/c1-12-14-10-13(23-4)7-8-16(14)24-18(12)19(22)20-11-15(21(2)3)17-6-5-9-25-17/h5-10,15H,11H2,1-4H3,(H,20,22)/t15-/m0/s1. The predicted molar refractivity (Wildman–Crippen MR) is 101 cm³/mol. The third-order valence-corrected chi connectivity index (χ3v) is 5.27. The Bertz CT molecular complexity index is 868. The second-order valence-corrected chi connectivity index (χ2v) is 7.10. The minimum absolute atomic E-state index is 0.133. The number of fused-ring (bicyclic) bond motifs is 1. The molecule has 0 saturated carbocycles. The van der Waals surface area contributed by atoms with Crippen LogP contribution in [0.3, 0.4) is 0 Å². The van der Waals surface area contributed by atoms with Gasteiger partial charge < -0.3 is 19.4 Å². The van der Waals surface area contributed by atoms with Gasteiger partial charge in [-0.3, -0.25) is 4.79 Å². The second kappa shape index (κ2) is 7.29. The number of amides is 1. The number of likely N-dealkylation sites (N-methyl/N-ethyl adjacent to an activating group) is 1.